The molecule has 0 aliphatic carbocycles. The Morgan fingerprint density at radius 1 is 1.38 bits per heavy atom. The number of pyridine rings is 1. The smallest absolute Gasteiger partial charge is 0.367 e. The molecule has 0 saturated carbocycles. The molecule has 10 heteroatoms. The number of thiazole rings is 1. The van der Waals surface area contributed by atoms with Crippen molar-refractivity contribution in [2.75, 3.05) is 18.5 Å². The molecular formula is C22H28F2N4O3S. The number of hydrogen-bond donors (Lipinski definition) is 1. The normalized spacial score (nSPS) is 16.5. The van der Waals surface area contributed by atoms with Crippen LogP contribution in [0.15, 0.2) is 12.3 Å². The van der Waals surface area contributed by atoms with Crippen LogP contribution in [0.25, 0.3) is 10.4 Å². The predicted molar refractivity (Wildman–Crippen MR) is 119 cm³/mol. The Morgan fingerprint density at radius 2 is 2.09 bits per heavy atom. The van der Waals surface area contributed by atoms with E-state index in [2.05, 4.69) is 15.3 Å². The fourth-order valence-corrected chi connectivity index (χ4v) is 4.58. The van der Waals surface area contributed by atoms with Crippen LogP contribution >= 0.6 is 11.3 Å². The Kier molecular flexibility index (Phi) is 7.12. The molecule has 3 rings (SSSR count). The van der Waals surface area contributed by atoms with Gasteiger partial charge in [0.05, 0.1) is 11.5 Å². The van der Waals surface area contributed by atoms with Crippen LogP contribution in [-0.4, -0.2) is 51.5 Å². The van der Waals surface area contributed by atoms with E-state index in [1.54, 1.807) is 11.8 Å². The maximum absolute atomic E-state index is 14.0. The van der Waals surface area contributed by atoms with Crippen LogP contribution in [0, 0.1) is 0 Å². The van der Waals surface area contributed by atoms with Crippen LogP contribution in [0.5, 0.6) is 0 Å². The van der Waals surface area contributed by atoms with Gasteiger partial charge in [0.15, 0.2) is 0 Å². The minimum Gasteiger partial charge on any atom is -0.461 e. The summed E-state index contributed by atoms with van der Waals surface area (Å²) in [4.78, 5) is 36.0. The monoisotopic (exact) mass is 466 g/mol. The van der Waals surface area contributed by atoms with Gasteiger partial charge in [-0.3, -0.25) is 4.79 Å². The van der Waals surface area contributed by atoms with Gasteiger partial charge in [0, 0.05) is 35.4 Å². The van der Waals surface area contributed by atoms with E-state index in [4.69, 9.17) is 4.74 Å². The molecule has 1 N–H and O–H groups in total. The molecule has 1 aliphatic heterocycles. The number of alkyl halides is 2. The van der Waals surface area contributed by atoms with Gasteiger partial charge in [0.1, 0.15) is 11.5 Å². The van der Waals surface area contributed by atoms with E-state index in [0.717, 1.165) is 24.2 Å². The van der Waals surface area contributed by atoms with E-state index in [0.29, 0.717) is 12.4 Å². The number of nitrogens with one attached hydrogen (secondary N) is 1. The highest BCUT2D eigenvalue weighted by molar-refractivity contribution is 7.17. The SMILES string of the molecule is CCOC(=O)c1nc(C(=O)N2CCC[C@@H]2C)c(-c2cnc(NC(C)(C)C)cc2C(F)F)s1. The fraction of sp³-hybridized carbons (Fsp3) is 0.545. The molecule has 2 aromatic heterocycles. The molecule has 174 valence electrons. The maximum atomic E-state index is 14.0. The van der Waals surface area contributed by atoms with Crippen molar-refractivity contribution in [3.63, 3.8) is 0 Å². The van der Waals surface area contributed by atoms with E-state index in [-0.39, 0.29) is 50.8 Å². The Hall–Kier alpha value is -2.62. The molecule has 1 saturated heterocycles. The van der Waals surface area contributed by atoms with Gasteiger partial charge in [-0.05, 0) is 53.5 Å². The second kappa shape index (κ2) is 9.48. The highest BCUT2D eigenvalue weighted by Gasteiger charge is 2.33. The van der Waals surface area contributed by atoms with Gasteiger partial charge in [0.2, 0.25) is 5.01 Å². The van der Waals surface area contributed by atoms with Gasteiger partial charge < -0.3 is 15.0 Å². The summed E-state index contributed by atoms with van der Waals surface area (Å²) in [6.45, 7) is 9.97. The molecule has 1 aliphatic rings. The molecule has 0 spiro atoms. The standard InChI is InChI=1S/C22H28F2N4O3S/c1-6-31-21(30)19-26-16(20(29)28-9-7-8-12(28)2)17(32-19)14-11-25-15(27-22(3,4)5)10-13(14)18(23)24/h10-12,18H,6-9H2,1-5H3,(H,25,27)/t12-/m0/s1. The number of esters is 1. The van der Waals surface area contributed by atoms with Gasteiger partial charge in [-0.2, -0.15) is 0 Å². The maximum Gasteiger partial charge on any atom is 0.367 e. The first-order valence-corrected chi connectivity index (χ1v) is 11.4. The average Bonchev–Trinajstić information content (AvgIpc) is 3.33. The number of ether oxygens (including phenoxy) is 1. The average molecular weight is 467 g/mol. The quantitative estimate of drug-likeness (QED) is 0.593. The summed E-state index contributed by atoms with van der Waals surface area (Å²) in [6.07, 6.45) is 0.207. The number of carbonyl (C=O) groups is 2. The lowest BCUT2D eigenvalue weighted by Crippen LogP contribution is -2.34. The van der Waals surface area contributed by atoms with Crippen molar-refractivity contribution >= 4 is 29.0 Å². The van der Waals surface area contributed by atoms with Crippen molar-refractivity contribution in [1.29, 1.82) is 0 Å². The van der Waals surface area contributed by atoms with Gasteiger partial charge in [0.25, 0.3) is 12.3 Å². The van der Waals surface area contributed by atoms with Gasteiger partial charge in [-0.1, -0.05) is 0 Å². The number of hydrogen-bond acceptors (Lipinski definition) is 7. The number of amides is 1. The summed E-state index contributed by atoms with van der Waals surface area (Å²) in [5, 5.41) is 3.03. The molecule has 1 fully saturated rings. The Bertz CT molecular complexity index is 1000. The summed E-state index contributed by atoms with van der Waals surface area (Å²) in [5.74, 6) is -0.772. The number of likely N-dealkylation sites (tertiary alicyclic amines) is 1. The molecule has 2 aromatic rings. The van der Waals surface area contributed by atoms with Crippen molar-refractivity contribution in [1.82, 2.24) is 14.9 Å². The van der Waals surface area contributed by atoms with Crippen LogP contribution < -0.4 is 5.32 Å². The lowest BCUT2D eigenvalue weighted by molar-refractivity contribution is 0.0525. The minimum absolute atomic E-state index is 0.00847. The van der Waals surface area contributed by atoms with Crippen LogP contribution in [0.3, 0.4) is 0 Å². The van der Waals surface area contributed by atoms with E-state index >= 15 is 0 Å². The van der Waals surface area contributed by atoms with E-state index in [9.17, 15) is 18.4 Å². The number of anilines is 1. The Labute approximate surface area is 190 Å². The summed E-state index contributed by atoms with van der Waals surface area (Å²) < 4.78 is 33.1. The summed E-state index contributed by atoms with van der Waals surface area (Å²) in [5.41, 5.74) is -0.591. The summed E-state index contributed by atoms with van der Waals surface area (Å²) >= 11 is 0.873. The summed E-state index contributed by atoms with van der Waals surface area (Å²) in [7, 11) is 0. The van der Waals surface area contributed by atoms with E-state index < -0.39 is 12.4 Å². The second-order valence-corrected chi connectivity index (χ2v) is 9.74. The summed E-state index contributed by atoms with van der Waals surface area (Å²) in [6, 6.07) is 1.29. The van der Waals surface area contributed by atoms with Crippen LogP contribution in [0.4, 0.5) is 14.6 Å². The first-order chi connectivity index (χ1) is 15.0. The Morgan fingerprint density at radius 3 is 2.66 bits per heavy atom. The van der Waals surface area contributed by atoms with Gasteiger partial charge >= 0.3 is 5.97 Å². The Balaban J connectivity index is 2.12. The first-order valence-electron chi connectivity index (χ1n) is 10.6. The van der Waals surface area contributed by atoms with E-state index in [1.807, 2.05) is 27.7 Å². The molecular weight excluding hydrogens is 438 g/mol. The molecule has 0 unspecified atom stereocenters. The van der Waals surface area contributed by atoms with E-state index in [1.165, 1.54) is 12.3 Å². The highest BCUT2D eigenvalue weighted by Crippen LogP contribution is 2.39. The predicted octanol–water partition coefficient (Wildman–Crippen LogP) is 5.15. The molecule has 32 heavy (non-hydrogen) atoms. The first kappa shape index (κ1) is 24.0. The zero-order valence-electron chi connectivity index (χ0n) is 18.9. The number of aromatic nitrogens is 2. The third-order valence-electron chi connectivity index (χ3n) is 5.01. The molecule has 3 heterocycles. The van der Waals surface area contributed by atoms with Crippen LogP contribution in [0.2, 0.25) is 0 Å². The van der Waals surface area contributed by atoms with Crippen molar-refractivity contribution < 1.29 is 23.1 Å². The lowest BCUT2D eigenvalue weighted by Gasteiger charge is -2.23. The third kappa shape index (κ3) is 5.23. The van der Waals surface area contributed by atoms with Crippen LogP contribution in [-0.2, 0) is 4.74 Å². The molecule has 7 nitrogen and oxygen atoms in total. The van der Waals surface area contributed by atoms with Gasteiger partial charge in [-0.25, -0.2) is 23.5 Å². The molecule has 0 radical (unpaired) electrons. The van der Waals surface area contributed by atoms with Crippen molar-refractivity contribution in [3.05, 3.63) is 28.5 Å². The number of halogens is 2. The van der Waals surface area contributed by atoms with Crippen LogP contribution in [0.1, 0.15) is 79.7 Å². The van der Waals surface area contributed by atoms with Crippen molar-refractivity contribution in [3.8, 4) is 10.4 Å². The fourth-order valence-electron chi connectivity index (χ4n) is 3.59. The lowest BCUT2D eigenvalue weighted by atomic mass is 10.1. The molecule has 1 atom stereocenters. The molecule has 0 aromatic carbocycles. The number of carbonyl (C=O) groups excluding carboxylic acids is 2. The van der Waals surface area contributed by atoms with Crippen molar-refractivity contribution in [2.24, 2.45) is 0 Å². The minimum atomic E-state index is -2.81. The topological polar surface area (TPSA) is 84.4 Å². The second-order valence-electron chi connectivity index (χ2n) is 8.74. The third-order valence-corrected chi connectivity index (χ3v) is 6.08. The number of rotatable bonds is 6. The zero-order valence-corrected chi connectivity index (χ0v) is 19.7. The largest absolute Gasteiger partial charge is 0.461 e. The molecule has 0 bridgehead atoms. The van der Waals surface area contributed by atoms with Crippen molar-refractivity contribution in [2.45, 2.75) is 65.5 Å². The molecule has 1 amide bonds. The zero-order chi connectivity index (χ0) is 23.6. The number of nitrogens with zero attached hydrogens (tertiary/aromatic N) is 3. The van der Waals surface area contributed by atoms with Gasteiger partial charge in [-0.15, -0.1) is 11.3 Å². The highest BCUT2D eigenvalue weighted by atomic mass is 32.1.